The van der Waals surface area contributed by atoms with Gasteiger partial charge in [-0.05, 0) is 48.4 Å². The van der Waals surface area contributed by atoms with Gasteiger partial charge >= 0.3 is 0 Å². The summed E-state index contributed by atoms with van der Waals surface area (Å²) in [5.41, 5.74) is 1.49. The maximum atomic E-state index is 12.4. The number of thioether (sulfide) groups is 1. The first kappa shape index (κ1) is 21.9. The van der Waals surface area contributed by atoms with Crippen LogP contribution in [0.2, 0.25) is 10.0 Å². The highest BCUT2D eigenvalue weighted by atomic mass is 35.5. The van der Waals surface area contributed by atoms with Crippen LogP contribution in [0, 0.1) is 0 Å². The molecule has 1 N–H and O–H groups in total. The maximum absolute atomic E-state index is 12.4. The number of nitrogens with one attached hydrogen (secondary N) is 1. The zero-order chi connectivity index (χ0) is 20.6. The Morgan fingerprint density at radius 2 is 1.97 bits per heavy atom. The Balaban J connectivity index is 1.53. The highest BCUT2D eigenvalue weighted by Crippen LogP contribution is 2.31. The predicted octanol–water partition coefficient (Wildman–Crippen LogP) is 6.57. The van der Waals surface area contributed by atoms with E-state index in [0.717, 1.165) is 28.5 Å². The smallest absolute Gasteiger partial charge is 0.257 e. The number of benzene rings is 2. The molecule has 0 unspecified atom stereocenters. The highest BCUT2D eigenvalue weighted by molar-refractivity contribution is 8.00. The molecule has 9 heteroatoms. The summed E-state index contributed by atoms with van der Waals surface area (Å²) < 4.78 is 6.35. The molecule has 29 heavy (non-hydrogen) atoms. The lowest BCUT2D eigenvalue weighted by Crippen LogP contribution is -2.11. The summed E-state index contributed by atoms with van der Waals surface area (Å²) in [5, 5.41) is 12.6. The van der Waals surface area contributed by atoms with Crippen LogP contribution in [-0.4, -0.2) is 22.7 Å². The second-order valence-corrected chi connectivity index (χ2v) is 9.12. The number of hydrogen-bond donors (Lipinski definition) is 1. The Morgan fingerprint density at radius 1 is 1.17 bits per heavy atom. The van der Waals surface area contributed by atoms with Crippen LogP contribution < -0.4 is 10.1 Å². The molecule has 3 aromatic rings. The molecular formula is C20H19Cl2N3O2S2. The van der Waals surface area contributed by atoms with Crippen LogP contribution in [0.1, 0.15) is 35.7 Å². The summed E-state index contributed by atoms with van der Waals surface area (Å²) in [5.74, 6) is 1.15. The molecule has 0 aliphatic heterocycles. The summed E-state index contributed by atoms with van der Waals surface area (Å²) in [6.07, 6.45) is 2.08. The molecule has 1 heterocycles. The molecule has 0 radical (unpaired) electrons. The largest absolute Gasteiger partial charge is 0.494 e. The number of halogens is 2. The van der Waals surface area contributed by atoms with E-state index in [1.165, 1.54) is 23.1 Å². The van der Waals surface area contributed by atoms with Crippen molar-refractivity contribution in [3.05, 3.63) is 63.6 Å². The van der Waals surface area contributed by atoms with E-state index < -0.39 is 0 Å². The molecule has 2 aromatic carbocycles. The molecule has 5 nitrogen and oxygen atoms in total. The zero-order valence-electron chi connectivity index (χ0n) is 15.7. The fraction of sp³-hybridized carbons (Fsp3) is 0.250. The van der Waals surface area contributed by atoms with Gasteiger partial charge in [0.25, 0.3) is 5.91 Å². The molecule has 0 atom stereocenters. The second kappa shape index (κ2) is 10.8. The zero-order valence-corrected chi connectivity index (χ0v) is 18.8. The number of unbranched alkanes of at least 4 members (excludes halogenated alkanes) is 1. The minimum Gasteiger partial charge on any atom is -0.494 e. The van der Waals surface area contributed by atoms with Gasteiger partial charge in [0.15, 0.2) is 4.34 Å². The molecule has 0 saturated carbocycles. The van der Waals surface area contributed by atoms with E-state index in [4.69, 9.17) is 27.9 Å². The Hall–Kier alpha value is -1.80. The minimum absolute atomic E-state index is 0.237. The van der Waals surface area contributed by atoms with Gasteiger partial charge in [0, 0.05) is 21.4 Å². The Morgan fingerprint density at radius 3 is 2.69 bits per heavy atom. The minimum atomic E-state index is -0.237. The number of amides is 1. The third kappa shape index (κ3) is 6.60. The Bertz CT molecular complexity index is 965. The first-order valence-corrected chi connectivity index (χ1v) is 11.6. The van der Waals surface area contributed by atoms with Crippen molar-refractivity contribution in [2.75, 3.05) is 11.9 Å². The highest BCUT2D eigenvalue weighted by Gasteiger charge is 2.12. The molecule has 0 aliphatic carbocycles. The van der Waals surface area contributed by atoms with E-state index in [0.29, 0.717) is 33.1 Å². The average molecular weight is 468 g/mol. The molecule has 1 aromatic heterocycles. The standard InChI is InChI=1S/C20H19Cl2N3O2S2/c1-2-3-10-27-16-8-5-13(6-9-16)18(26)23-19-24-25-20(29-19)28-12-14-4-7-15(21)11-17(14)22/h4-9,11H,2-3,10,12H2,1H3,(H,23,24,26). The van der Waals surface area contributed by atoms with Gasteiger partial charge in [-0.15, -0.1) is 10.2 Å². The Kier molecular flexibility index (Phi) is 8.18. The summed E-state index contributed by atoms with van der Waals surface area (Å²) in [7, 11) is 0. The number of hydrogen-bond acceptors (Lipinski definition) is 6. The fourth-order valence-corrected chi connectivity index (χ4v) is 4.61. The van der Waals surface area contributed by atoms with Gasteiger partial charge in [-0.25, -0.2) is 0 Å². The summed E-state index contributed by atoms with van der Waals surface area (Å²) in [4.78, 5) is 12.4. The number of aromatic nitrogens is 2. The topological polar surface area (TPSA) is 64.1 Å². The lowest BCUT2D eigenvalue weighted by Gasteiger charge is -2.06. The van der Waals surface area contributed by atoms with E-state index in [1.807, 2.05) is 6.07 Å². The van der Waals surface area contributed by atoms with Gasteiger partial charge in [-0.2, -0.15) is 0 Å². The van der Waals surface area contributed by atoms with Gasteiger partial charge < -0.3 is 4.74 Å². The van der Waals surface area contributed by atoms with E-state index in [2.05, 4.69) is 22.4 Å². The predicted molar refractivity (Wildman–Crippen MR) is 121 cm³/mol. The van der Waals surface area contributed by atoms with Crippen molar-refractivity contribution < 1.29 is 9.53 Å². The molecule has 0 spiro atoms. The number of rotatable bonds is 9. The maximum Gasteiger partial charge on any atom is 0.257 e. The van der Waals surface area contributed by atoms with Crippen LogP contribution in [-0.2, 0) is 5.75 Å². The second-order valence-electron chi connectivity index (χ2n) is 6.08. The number of carbonyl (C=O) groups is 1. The van der Waals surface area contributed by atoms with Gasteiger partial charge in [0.2, 0.25) is 5.13 Å². The fourth-order valence-electron chi connectivity index (χ4n) is 2.30. The molecule has 0 fully saturated rings. The molecule has 1 amide bonds. The molecule has 0 bridgehead atoms. The summed E-state index contributed by atoms with van der Waals surface area (Å²) in [6.45, 7) is 2.79. The normalized spacial score (nSPS) is 10.7. The summed E-state index contributed by atoms with van der Waals surface area (Å²) >= 11 is 14.9. The lowest BCUT2D eigenvalue weighted by atomic mass is 10.2. The van der Waals surface area contributed by atoms with Crippen molar-refractivity contribution in [2.24, 2.45) is 0 Å². The van der Waals surface area contributed by atoms with Gasteiger partial charge in [-0.1, -0.05) is 65.7 Å². The van der Waals surface area contributed by atoms with Crippen LogP contribution in [0.4, 0.5) is 5.13 Å². The van der Waals surface area contributed by atoms with Crippen LogP contribution in [0.3, 0.4) is 0 Å². The third-order valence-electron chi connectivity index (χ3n) is 3.88. The number of anilines is 1. The SMILES string of the molecule is CCCCOc1ccc(C(=O)Nc2nnc(SCc3ccc(Cl)cc3Cl)s2)cc1. The molecule has 0 saturated heterocycles. The van der Waals surface area contributed by atoms with Crippen LogP contribution in [0.15, 0.2) is 46.8 Å². The van der Waals surface area contributed by atoms with Crippen molar-refractivity contribution in [3.63, 3.8) is 0 Å². The molecular weight excluding hydrogens is 449 g/mol. The number of nitrogens with zero attached hydrogens (tertiary/aromatic N) is 2. The van der Waals surface area contributed by atoms with Crippen molar-refractivity contribution in [3.8, 4) is 5.75 Å². The van der Waals surface area contributed by atoms with E-state index in [-0.39, 0.29) is 5.91 Å². The molecule has 0 aliphatic rings. The number of carbonyl (C=O) groups excluding carboxylic acids is 1. The van der Waals surface area contributed by atoms with Gasteiger partial charge in [-0.3, -0.25) is 10.1 Å². The van der Waals surface area contributed by atoms with Gasteiger partial charge in [0.1, 0.15) is 5.75 Å². The first-order chi connectivity index (χ1) is 14.0. The van der Waals surface area contributed by atoms with Crippen molar-refractivity contribution >= 4 is 57.3 Å². The Labute approximate surface area is 187 Å². The van der Waals surface area contributed by atoms with Crippen molar-refractivity contribution in [1.29, 1.82) is 0 Å². The molecule has 152 valence electrons. The average Bonchev–Trinajstić information content (AvgIpc) is 3.15. The quantitative estimate of drug-likeness (QED) is 0.219. The van der Waals surface area contributed by atoms with Crippen molar-refractivity contribution in [1.82, 2.24) is 10.2 Å². The third-order valence-corrected chi connectivity index (χ3v) is 6.48. The van der Waals surface area contributed by atoms with Crippen LogP contribution in [0.5, 0.6) is 5.75 Å². The first-order valence-electron chi connectivity index (χ1n) is 8.99. The van der Waals surface area contributed by atoms with Crippen LogP contribution in [0.25, 0.3) is 0 Å². The van der Waals surface area contributed by atoms with Crippen molar-refractivity contribution in [2.45, 2.75) is 29.9 Å². The lowest BCUT2D eigenvalue weighted by molar-refractivity contribution is 0.102. The monoisotopic (exact) mass is 467 g/mol. The van der Waals surface area contributed by atoms with E-state index in [1.54, 1.807) is 36.4 Å². The molecule has 3 rings (SSSR count). The van der Waals surface area contributed by atoms with Crippen LogP contribution >= 0.6 is 46.3 Å². The van der Waals surface area contributed by atoms with Gasteiger partial charge in [0.05, 0.1) is 6.61 Å². The summed E-state index contributed by atoms with van der Waals surface area (Å²) in [6, 6.07) is 12.5. The van der Waals surface area contributed by atoms with E-state index >= 15 is 0 Å². The number of ether oxygens (including phenoxy) is 1. The van der Waals surface area contributed by atoms with E-state index in [9.17, 15) is 4.79 Å².